The maximum absolute atomic E-state index is 12.6. The van der Waals surface area contributed by atoms with Gasteiger partial charge in [-0.25, -0.2) is 0 Å². The van der Waals surface area contributed by atoms with E-state index in [1.54, 1.807) is 24.4 Å². The van der Waals surface area contributed by atoms with E-state index in [4.69, 9.17) is 9.47 Å². The summed E-state index contributed by atoms with van der Waals surface area (Å²) >= 11 is 1.42. The van der Waals surface area contributed by atoms with Gasteiger partial charge in [0.15, 0.2) is 0 Å². The third-order valence-corrected chi connectivity index (χ3v) is 4.04. The Hall–Kier alpha value is -2.60. The van der Waals surface area contributed by atoms with Crippen LogP contribution in [0.15, 0.2) is 42.6 Å². The first-order valence-corrected chi connectivity index (χ1v) is 7.37. The molecule has 0 aliphatic rings. The molecule has 1 heterocycles. The van der Waals surface area contributed by atoms with E-state index in [1.165, 1.54) is 25.8 Å². The largest absolute Gasteiger partial charge is 0.496 e. The maximum atomic E-state index is 12.6. The molecule has 6 heteroatoms. The second-order valence-corrected chi connectivity index (χ2v) is 5.40. The number of anilines is 1. The van der Waals surface area contributed by atoms with Gasteiger partial charge in [-0.15, -0.1) is 0 Å². The molecule has 0 fully saturated rings. The molecule has 0 aliphatic heterocycles. The highest BCUT2D eigenvalue weighted by atomic mass is 32.1. The van der Waals surface area contributed by atoms with Crippen LogP contribution in [0.2, 0.25) is 0 Å². The lowest BCUT2D eigenvalue weighted by Gasteiger charge is -2.13. The molecule has 0 aliphatic carbocycles. The zero-order valence-electron chi connectivity index (χ0n) is 12.1. The Kier molecular flexibility index (Phi) is 3.93. The highest BCUT2D eigenvalue weighted by molar-refractivity contribution is 7.13. The first-order valence-electron chi connectivity index (χ1n) is 6.59. The number of methoxy groups -OCH3 is 2. The van der Waals surface area contributed by atoms with Gasteiger partial charge in [0.1, 0.15) is 17.1 Å². The summed E-state index contributed by atoms with van der Waals surface area (Å²) in [4.78, 5) is 12.6. The monoisotopic (exact) mass is 314 g/mol. The van der Waals surface area contributed by atoms with Gasteiger partial charge in [-0.2, -0.15) is 4.37 Å². The number of hydrogen-bond donors (Lipinski definition) is 1. The Labute approximate surface area is 131 Å². The molecule has 1 N–H and O–H groups in total. The summed E-state index contributed by atoms with van der Waals surface area (Å²) in [5.41, 5.74) is 1.07. The minimum atomic E-state index is -0.281. The van der Waals surface area contributed by atoms with Gasteiger partial charge in [0.2, 0.25) is 0 Å². The number of nitrogens with one attached hydrogen (secondary N) is 1. The minimum absolute atomic E-state index is 0.281. The van der Waals surface area contributed by atoms with Gasteiger partial charge in [-0.1, -0.05) is 6.07 Å². The predicted molar refractivity (Wildman–Crippen MR) is 87.1 cm³/mol. The molecule has 5 nitrogen and oxygen atoms in total. The summed E-state index contributed by atoms with van der Waals surface area (Å²) in [5, 5.41) is 3.86. The van der Waals surface area contributed by atoms with Crippen LogP contribution in [0.25, 0.3) is 10.1 Å². The van der Waals surface area contributed by atoms with Gasteiger partial charge in [-0.05, 0) is 41.9 Å². The van der Waals surface area contributed by atoms with Crippen LogP contribution in [0.1, 0.15) is 10.4 Å². The number of carbonyl (C=O) groups is 1. The third kappa shape index (κ3) is 2.60. The van der Waals surface area contributed by atoms with Gasteiger partial charge in [0.25, 0.3) is 5.91 Å². The van der Waals surface area contributed by atoms with Crippen LogP contribution >= 0.6 is 11.5 Å². The maximum Gasteiger partial charge on any atom is 0.263 e. The second-order valence-electron chi connectivity index (χ2n) is 4.57. The molecule has 1 aromatic heterocycles. The van der Waals surface area contributed by atoms with Crippen molar-refractivity contribution in [1.82, 2.24) is 4.37 Å². The number of nitrogens with zero attached hydrogens (tertiary/aromatic N) is 1. The molecule has 2 aromatic carbocycles. The topological polar surface area (TPSA) is 60.5 Å². The number of aromatic nitrogens is 1. The molecule has 3 aromatic rings. The molecule has 22 heavy (non-hydrogen) atoms. The fourth-order valence-electron chi connectivity index (χ4n) is 2.22. The molecule has 112 valence electrons. The number of fused-ring (bicyclic) bond motifs is 1. The van der Waals surface area contributed by atoms with Crippen molar-refractivity contribution in [3.05, 3.63) is 48.2 Å². The number of hydrogen-bond acceptors (Lipinski definition) is 5. The van der Waals surface area contributed by atoms with Crippen LogP contribution in [-0.4, -0.2) is 24.5 Å². The van der Waals surface area contributed by atoms with Crippen LogP contribution in [0.5, 0.6) is 11.5 Å². The van der Waals surface area contributed by atoms with Crippen LogP contribution < -0.4 is 14.8 Å². The first-order chi connectivity index (χ1) is 10.7. The van der Waals surface area contributed by atoms with Crippen molar-refractivity contribution in [2.24, 2.45) is 0 Å². The van der Waals surface area contributed by atoms with E-state index in [9.17, 15) is 4.79 Å². The van der Waals surface area contributed by atoms with E-state index in [2.05, 4.69) is 9.69 Å². The number of amides is 1. The third-order valence-electron chi connectivity index (χ3n) is 3.27. The summed E-state index contributed by atoms with van der Waals surface area (Å²) in [6.07, 6.45) is 1.78. The number of ether oxygens (including phenoxy) is 2. The van der Waals surface area contributed by atoms with E-state index in [0.29, 0.717) is 22.7 Å². The molecular weight excluding hydrogens is 300 g/mol. The molecule has 0 radical (unpaired) electrons. The Morgan fingerprint density at radius 3 is 2.55 bits per heavy atom. The Balaban J connectivity index is 1.94. The predicted octanol–water partition coefficient (Wildman–Crippen LogP) is 3.57. The summed E-state index contributed by atoms with van der Waals surface area (Å²) in [6.45, 7) is 0. The van der Waals surface area contributed by atoms with Crippen molar-refractivity contribution in [2.75, 3.05) is 19.5 Å². The van der Waals surface area contributed by atoms with Crippen molar-refractivity contribution < 1.29 is 14.3 Å². The van der Waals surface area contributed by atoms with Gasteiger partial charge in [-0.3, -0.25) is 4.79 Å². The molecule has 0 saturated carbocycles. The fraction of sp³-hybridized carbons (Fsp3) is 0.125. The summed E-state index contributed by atoms with van der Waals surface area (Å²) in [6, 6.07) is 10.9. The Morgan fingerprint density at radius 2 is 1.86 bits per heavy atom. The van der Waals surface area contributed by atoms with Gasteiger partial charge in [0.05, 0.1) is 18.9 Å². The van der Waals surface area contributed by atoms with Crippen molar-refractivity contribution in [3.63, 3.8) is 0 Å². The summed E-state index contributed by atoms with van der Waals surface area (Å²) < 4.78 is 15.7. The van der Waals surface area contributed by atoms with Crippen LogP contribution in [0, 0.1) is 0 Å². The highest BCUT2D eigenvalue weighted by Gasteiger charge is 2.18. The van der Waals surface area contributed by atoms with Crippen molar-refractivity contribution in [2.45, 2.75) is 0 Å². The van der Waals surface area contributed by atoms with E-state index in [1.807, 2.05) is 18.2 Å². The minimum Gasteiger partial charge on any atom is -0.496 e. The zero-order valence-corrected chi connectivity index (χ0v) is 12.9. The summed E-state index contributed by atoms with van der Waals surface area (Å²) in [7, 11) is 3.04. The second kappa shape index (κ2) is 6.03. The fourth-order valence-corrected chi connectivity index (χ4v) is 2.84. The lowest BCUT2D eigenvalue weighted by atomic mass is 10.1. The number of rotatable bonds is 4. The summed E-state index contributed by atoms with van der Waals surface area (Å²) in [5.74, 6) is 0.655. The van der Waals surface area contributed by atoms with Crippen molar-refractivity contribution >= 4 is 33.2 Å². The SMILES string of the molecule is COc1cccc(OC)c1C(=O)Nc1ccc2sncc2c1. The van der Waals surface area contributed by atoms with E-state index >= 15 is 0 Å². The smallest absolute Gasteiger partial charge is 0.263 e. The van der Waals surface area contributed by atoms with Crippen LogP contribution in [0.4, 0.5) is 5.69 Å². The average molecular weight is 314 g/mol. The Bertz CT molecular complexity index is 807. The van der Waals surface area contributed by atoms with Crippen molar-refractivity contribution in [3.8, 4) is 11.5 Å². The van der Waals surface area contributed by atoms with Gasteiger partial charge in [0, 0.05) is 17.3 Å². The molecule has 0 unspecified atom stereocenters. The highest BCUT2D eigenvalue weighted by Crippen LogP contribution is 2.29. The molecule has 1 amide bonds. The molecular formula is C16H14N2O3S. The number of benzene rings is 2. The lowest BCUT2D eigenvalue weighted by Crippen LogP contribution is -2.14. The van der Waals surface area contributed by atoms with Gasteiger partial charge >= 0.3 is 0 Å². The van der Waals surface area contributed by atoms with E-state index in [0.717, 1.165) is 10.1 Å². The molecule has 0 spiro atoms. The van der Waals surface area contributed by atoms with Crippen LogP contribution in [0.3, 0.4) is 0 Å². The molecule has 0 bridgehead atoms. The lowest BCUT2D eigenvalue weighted by molar-refractivity contribution is 0.102. The van der Waals surface area contributed by atoms with Gasteiger partial charge < -0.3 is 14.8 Å². The first kappa shape index (κ1) is 14.3. The van der Waals surface area contributed by atoms with E-state index in [-0.39, 0.29) is 5.91 Å². The van der Waals surface area contributed by atoms with Crippen molar-refractivity contribution in [1.29, 1.82) is 0 Å². The normalized spacial score (nSPS) is 10.5. The standard InChI is InChI=1S/C16H14N2O3S/c1-20-12-4-3-5-13(21-2)15(12)16(19)18-11-6-7-14-10(8-11)9-17-22-14/h3-9H,1-2H3,(H,18,19). The molecule has 3 rings (SSSR count). The molecule has 0 atom stereocenters. The van der Waals surface area contributed by atoms with Crippen LogP contribution in [-0.2, 0) is 0 Å². The zero-order chi connectivity index (χ0) is 15.5. The molecule has 0 saturated heterocycles. The quantitative estimate of drug-likeness (QED) is 0.800. The average Bonchev–Trinajstić information content (AvgIpc) is 3.01. The number of carbonyl (C=O) groups excluding carboxylic acids is 1. The van der Waals surface area contributed by atoms with E-state index < -0.39 is 0 Å². The Morgan fingerprint density at radius 1 is 1.14 bits per heavy atom.